The molecule has 0 unspecified atom stereocenters. The Morgan fingerprint density at radius 3 is 2.50 bits per heavy atom. The van der Waals surface area contributed by atoms with Crippen molar-refractivity contribution >= 4 is 27.5 Å². The molecule has 0 saturated carbocycles. The summed E-state index contributed by atoms with van der Waals surface area (Å²) in [6.07, 6.45) is 0. The lowest BCUT2D eigenvalue weighted by atomic mass is 10.1. The van der Waals surface area contributed by atoms with Gasteiger partial charge in [-0.25, -0.2) is 0 Å². The molecule has 3 rings (SSSR count). The van der Waals surface area contributed by atoms with Gasteiger partial charge in [0, 0.05) is 15.7 Å². The number of aromatic nitrogens is 1. The molecule has 0 atom stereocenters. The second-order valence-corrected chi connectivity index (χ2v) is 6.94. The minimum Gasteiger partial charge on any atom is -0.489 e. The van der Waals surface area contributed by atoms with E-state index in [0.717, 1.165) is 32.7 Å². The van der Waals surface area contributed by atoms with Crippen LogP contribution in [-0.4, -0.2) is 11.1 Å². The highest BCUT2D eigenvalue weighted by Crippen LogP contribution is 2.22. The fraction of sp³-hybridized carbons (Fsp3) is 0.200. The van der Waals surface area contributed by atoms with Crippen LogP contribution in [-0.2, 0) is 6.61 Å². The van der Waals surface area contributed by atoms with Crippen LogP contribution in [0.5, 0.6) is 5.75 Å². The first-order chi connectivity index (χ1) is 12.4. The minimum atomic E-state index is -0.160. The SMILES string of the molecule is Cc1cc(Br)ccc1NC(=O)c1ccc(OCc2c(C)noc2C)cc1. The molecular formula is C20H19BrN2O3. The predicted molar refractivity (Wildman–Crippen MR) is 104 cm³/mol. The van der Waals surface area contributed by atoms with Gasteiger partial charge in [-0.2, -0.15) is 0 Å². The number of hydrogen-bond donors (Lipinski definition) is 1. The summed E-state index contributed by atoms with van der Waals surface area (Å²) in [7, 11) is 0. The van der Waals surface area contributed by atoms with Crippen molar-refractivity contribution in [2.45, 2.75) is 27.4 Å². The summed E-state index contributed by atoms with van der Waals surface area (Å²) in [4.78, 5) is 12.4. The number of hydrogen-bond acceptors (Lipinski definition) is 4. The molecule has 1 heterocycles. The summed E-state index contributed by atoms with van der Waals surface area (Å²) < 4.78 is 11.9. The molecule has 0 aliphatic carbocycles. The number of aryl methyl sites for hydroxylation is 3. The summed E-state index contributed by atoms with van der Waals surface area (Å²) in [5.74, 6) is 1.28. The molecule has 0 aliphatic rings. The minimum absolute atomic E-state index is 0.160. The lowest BCUT2D eigenvalue weighted by molar-refractivity contribution is 0.102. The number of carbonyl (C=O) groups is 1. The maximum atomic E-state index is 12.4. The number of carbonyl (C=O) groups excluding carboxylic acids is 1. The maximum Gasteiger partial charge on any atom is 0.255 e. The molecule has 0 bridgehead atoms. The normalized spacial score (nSPS) is 10.6. The number of amides is 1. The van der Waals surface area contributed by atoms with Crippen molar-refractivity contribution in [3.63, 3.8) is 0 Å². The van der Waals surface area contributed by atoms with E-state index in [1.54, 1.807) is 24.3 Å². The third-order valence-electron chi connectivity index (χ3n) is 4.12. The van der Waals surface area contributed by atoms with Crippen molar-refractivity contribution < 1.29 is 14.1 Å². The van der Waals surface area contributed by atoms with E-state index in [-0.39, 0.29) is 5.91 Å². The molecule has 5 nitrogen and oxygen atoms in total. The summed E-state index contributed by atoms with van der Waals surface area (Å²) in [5, 5.41) is 6.83. The first-order valence-electron chi connectivity index (χ1n) is 8.16. The Morgan fingerprint density at radius 2 is 1.88 bits per heavy atom. The zero-order valence-corrected chi connectivity index (χ0v) is 16.4. The molecule has 2 aromatic carbocycles. The van der Waals surface area contributed by atoms with Crippen LogP contribution in [0.2, 0.25) is 0 Å². The van der Waals surface area contributed by atoms with Gasteiger partial charge < -0.3 is 14.6 Å². The van der Waals surface area contributed by atoms with E-state index in [9.17, 15) is 4.79 Å². The van der Waals surface area contributed by atoms with Crippen LogP contribution in [0.3, 0.4) is 0 Å². The number of halogens is 1. The summed E-state index contributed by atoms with van der Waals surface area (Å²) >= 11 is 3.42. The van der Waals surface area contributed by atoms with Gasteiger partial charge in [-0.3, -0.25) is 4.79 Å². The van der Waals surface area contributed by atoms with Gasteiger partial charge in [-0.1, -0.05) is 21.1 Å². The Balaban J connectivity index is 1.64. The molecule has 0 fully saturated rings. The average molecular weight is 415 g/mol. The molecule has 1 aromatic heterocycles. The lowest BCUT2D eigenvalue weighted by Crippen LogP contribution is -2.12. The molecule has 0 radical (unpaired) electrons. The number of ether oxygens (including phenoxy) is 1. The monoisotopic (exact) mass is 414 g/mol. The van der Waals surface area contributed by atoms with E-state index in [4.69, 9.17) is 9.26 Å². The molecule has 1 N–H and O–H groups in total. The number of anilines is 1. The molecule has 3 aromatic rings. The average Bonchev–Trinajstić information content (AvgIpc) is 2.94. The summed E-state index contributed by atoms with van der Waals surface area (Å²) in [6, 6.07) is 12.8. The molecule has 134 valence electrons. The van der Waals surface area contributed by atoms with E-state index < -0.39 is 0 Å². The summed E-state index contributed by atoms with van der Waals surface area (Å²) in [6.45, 7) is 6.07. The fourth-order valence-corrected chi connectivity index (χ4v) is 3.00. The van der Waals surface area contributed by atoms with Gasteiger partial charge >= 0.3 is 0 Å². The van der Waals surface area contributed by atoms with E-state index >= 15 is 0 Å². The Kier molecular flexibility index (Phi) is 5.42. The largest absolute Gasteiger partial charge is 0.489 e. The number of benzene rings is 2. The predicted octanol–water partition coefficient (Wildman–Crippen LogP) is 5.19. The van der Waals surface area contributed by atoms with Crippen LogP contribution in [0, 0.1) is 20.8 Å². The highest BCUT2D eigenvalue weighted by atomic mass is 79.9. The quantitative estimate of drug-likeness (QED) is 0.623. The van der Waals surface area contributed by atoms with Crippen molar-refractivity contribution in [2.75, 3.05) is 5.32 Å². The molecule has 0 aliphatic heterocycles. The van der Waals surface area contributed by atoms with Crippen LogP contribution < -0.4 is 10.1 Å². The van der Waals surface area contributed by atoms with Crippen molar-refractivity contribution in [3.8, 4) is 5.75 Å². The molecule has 0 saturated heterocycles. The number of nitrogens with one attached hydrogen (secondary N) is 1. The lowest BCUT2D eigenvalue weighted by Gasteiger charge is -2.10. The Hall–Kier alpha value is -2.60. The zero-order valence-electron chi connectivity index (χ0n) is 14.8. The molecule has 0 spiro atoms. The van der Waals surface area contributed by atoms with Crippen LogP contribution in [0.25, 0.3) is 0 Å². The van der Waals surface area contributed by atoms with Gasteiger partial charge in [0.2, 0.25) is 0 Å². The Labute approximate surface area is 160 Å². The van der Waals surface area contributed by atoms with Crippen LogP contribution in [0.4, 0.5) is 5.69 Å². The van der Waals surface area contributed by atoms with Crippen LogP contribution in [0.1, 0.15) is 32.9 Å². The third-order valence-corrected chi connectivity index (χ3v) is 4.61. The molecule has 26 heavy (non-hydrogen) atoms. The van der Waals surface area contributed by atoms with Gasteiger partial charge in [0.1, 0.15) is 18.1 Å². The smallest absolute Gasteiger partial charge is 0.255 e. The van der Waals surface area contributed by atoms with E-state index in [0.29, 0.717) is 17.9 Å². The zero-order chi connectivity index (χ0) is 18.7. The third kappa shape index (κ3) is 4.14. The van der Waals surface area contributed by atoms with Gasteiger partial charge in [-0.15, -0.1) is 0 Å². The van der Waals surface area contributed by atoms with E-state index in [1.807, 2.05) is 39.0 Å². The number of rotatable bonds is 5. The highest BCUT2D eigenvalue weighted by molar-refractivity contribution is 9.10. The van der Waals surface area contributed by atoms with Crippen molar-refractivity contribution in [2.24, 2.45) is 0 Å². The van der Waals surface area contributed by atoms with Gasteiger partial charge in [0.15, 0.2) is 0 Å². The second-order valence-electron chi connectivity index (χ2n) is 6.03. The first-order valence-corrected chi connectivity index (χ1v) is 8.95. The molecular weight excluding hydrogens is 396 g/mol. The second kappa shape index (κ2) is 7.74. The van der Waals surface area contributed by atoms with Crippen molar-refractivity contribution in [1.82, 2.24) is 5.16 Å². The van der Waals surface area contributed by atoms with Crippen LogP contribution >= 0.6 is 15.9 Å². The Bertz CT molecular complexity index is 913. The maximum absolute atomic E-state index is 12.4. The molecule has 6 heteroatoms. The fourth-order valence-electron chi connectivity index (χ4n) is 2.53. The standard InChI is InChI=1S/C20H19BrN2O3/c1-12-10-16(21)6-9-19(12)22-20(24)15-4-7-17(8-5-15)25-11-18-13(2)23-26-14(18)3/h4-10H,11H2,1-3H3,(H,22,24). The van der Waals surface area contributed by atoms with Gasteiger partial charge in [0.25, 0.3) is 5.91 Å². The summed E-state index contributed by atoms with van der Waals surface area (Å²) in [5.41, 5.74) is 4.11. The van der Waals surface area contributed by atoms with E-state index in [2.05, 4.69) is 26.4 Å². The first kappa shape index (κ1) is 18.2. The number of nitrogens with zero attached hydrogens (tertiary/aromatic N) is 1. The molecule has 1 amide bonds. The van der Waals surface area contributed by atoms with Crippen molar-refractivity contribution in [3.05, 3.63) is 75.1 Å². The topological polar surface area (TPSA) is 64.4 Å². The van der Waals surface area contributed by atoms with Gasteiger partial charge in [0.05, 0.1) is 11.3 Å². The van der Waals surface area contributed by atoms with E-state index in [1.165, 1.54) is 0 Å². The van der Waals surface area contributed by atoms with Crippen LogP contribution in [0.15, 0.2) is 51.5 Å². The Morgan fingerprint density at radius 1 is 1.15 bits per heavy atom. The highest BCUT2D eigenvalue weighted by Gasteiger charge is 2.11. The van der Waals surface area contributed by atoms with Gasteiger partial charge in [-0.05, 0) is 68.8 Å². The van der Waals surface area contributed by atoms with Crippen molar-refractivity contribution in [1.29, 1.82) is 0 Å².